The molecule has 2 aromatic carbocycles. The highest BCUT2D eigenvalue weighted by molar-refractivity contribution is 7.12. The maximum Gasteiger partial charge on any atom is 0.341 e. The third kappa shape index (κ3) is 2.91. The number of pyridine rings is 1. The predicted octanol–water partition coefficient (Wildman–Crippen LogP) is 4.17. The first-order chi connectivity index (χ1) is 13.5. The minimum atomic E-state index is -1.50. The van der Waals surface area contributed by atoms with Crippen molar-refractivity contribution in [2.45, 2.75) is 0 Å². The van der Waals surface area contributed by atoms with Crippen LogP contribution in [0.2, 0.25) is 0 Å². The molecule has 0 bridgehead atoms. The first-order valence-corrected chi connectivity index (χ1v) is 8.88. The van der Waals surface area contributed by atoms with Gasteiger partial charge < -0.3 is 10.4 Å². The number of aromatic nitrogens is 2. The Bertz CT molecular complexity index is 1260. The molecule has 9 heteroatoms. The summed E-state index contributed by atoms with van der Waals surface area (Å²) in [7, 11) is 0. The summed E-state index contributed by atoms with van der Waals surface area (Å²) in [5.74, 6) is -3.54. The largest absolute Gasteiger partial charge is 0.477 e. The van der Waals surface area contributed by atoms with Gasteiger partial charge in [-0.15, -0.1) is 11.3 Å². The summed E-state index contributed by atoms with van der Waals surface area (Å²) in [6.07, 6.45) is 2.45. The summed E-state index contributed by atoms with van der Waals surface area (Å²) in [4.78, 5) is 28.0. The summed E-state index contributed by atoms with van der Waals surface area (Å²) in [5.41, 5.74) is -1.84. The van der Waals surface area contributed by atoms with E-state index in [-0.39, 0.29) is 16.0 Å². The fourth-order valence-corrected chi connectivity index (χ4v) is 3.46. The number of aromatic carboxylic acids is 1. The van der Waals surface area contributed by atoms with E-state index >= 15 is 4.39 Å². The quantitative estimate of drug-likeness (QED) is 0.538. The number of halogens is 2. The highest BCUT2D eigenvalue weighted by Crippen LogP contribution is 2.31. The molecule has 0 unspecified atom stereocenters. The van der Waals surface area contributed by atoms with Crippen molar-refractivity contribution in [3.8, 4) is 5.13 Å². The first-order valence-electron chi connectivity index (χ1n) is 8.00. The van der Waals surface area contributed by atoms with Crippen molar-refractivity contribution in [3.63, 3.8) is 0 Å². The fourth-order valence-electron chi connectivity index (χ4n) is 2.83. The van der Waals surface area contributed by atoms with E-state index in [1.165, 1.54) is 6.20 Å². The average Bonchev–Trinajstić information content (AvgIpc) is 3.21. The van der Waals surface area contributed by atoms with Gasteiger partial charge in [0.25, 0.3) is 0 Å². The second-order valence-corrected chi connectivity index (χ2v) is 6.67. The smallest absolute Gasteiger partial charge is 0.341 e. The van der Waals surface area contributed by atoms with E-state index in [9.17, 15) is 19.1 Å². The number of fused-ring (bicyclic) bond motifs is 1. The molecule has 6 nitrogen and oxygen atoms in total. The Hall–Kier alpha value is -3.59. The van der Waals surface area contributed by atoms with Crippen molar-refractivity contribution in [2.75, 3.05) is 5.32 Å². The van der Waals surface area contributed by atoms with Gasteiger partial charge in [-0.05, 0) is 18.2 Å². The molecule has 4 rings (SSSR count). The Morgan fingerprint density at radius 2 is 1.96 bits per heavy atom. The lowest BCUT2D eigenvalue weighted by atomic mass is 10.1. The van der Waals surface area contributed by atoms with Gasteiger partial charge in [0.15, 0.2) is 16.8 Å². The van der Waals surface area contributed by atoms with E-state index in [2.05, 4.69) is 10.3 Å². The van der Waals surface area contributed by atoms with Gasteiger partial charge in [0.1, 0.15) is 11.3 Å². The topological polar surface area (TPSA) is 84.2 Å². The standard InChI is InChI=1S/C19H11F2N3O3S/c20-13-8-11-16(14(21)15(13)23-10-4-2-1-3-5-10)24(19-22-6-7-28-19)9-12(17(11)25)18(26)27/h1-9,23H,(H,26,27). The average molecular weight is 399 g/mol. The van der Waals surface area contributed by atoms with E-state index in [4.69, 9.17) is 0 Å². The number of nitrogens with zero attached hydrogens (tertiary/aromatic N) is 2. The van der Waals surface area contributed by atoms with Crippen LogP contribution in [0, 0.1) is 11.6 Å². The molecule has 0 fully saturated rings. The molecular weight excluding hydrogens is 388 g/mol. The molecule has 28 heavy (non-hydrogen) atoms. The first kappa shape index (κ1) is 17.8. The van der Waals surface area contributed by atoms with Crippen LogP contribution >= 0.6 is 11.3 Å². The molecule has 2 aromatic heterocycles. The number of hydrogen-bond donors (Lipinski definition) is 2. The van der Waals surface area contributed by atoms with E-state index in [1.807, 2.05) is 0 Å². The van der Waals surface area contributed by atoms with E-state index < -0.39 is 34.3 Å². The molecule has 2 N–H and O–H groups in total. The number of carbonyl (C=O) groups is 1. The van der Waals surface area contributed by atoms with Gasteiger partial charge in [0, 0.05) is 23.5 Å². The van der Waals surface area contributed by atoms with Gasteiger partial charge in [-0.1, -0.05) is 18.2 Å². The molecule has 0 saturated carbocycles. The zero-order valence-corrected chi connectivity index (χ0v) is 14.8. The van der Waals surface area contributed by atoms with Crippen LogP contribution < -0.4 is 10.7 Å². The Morgan fingerprint density at radius 3 is 2.61 bits per heavy atom. The predicted molar refractivity (Wildman–Crippen MR) is 102 cm³/mol. The van der Waals surface area contributed by atoms with Gasteiger partial charge >= 0.3 is 5.97 Å². The molecule has 4 aromatic rings. The van der Waals surface area contributed by atoms with Crippen molar-refractivity contribution < 1.29 is 18.7 Å². The molecule has 0 aliphatic rings. The van der Waals surface area contributed by atoms with Gasteiger partial charge in [0.2, 0.25) is 5.43 Å². The minimum absolute atomic E-state index is 0.240. The number of para-hydroxylation sites is 1. The molecule has 0 spiro atoms. The number of thiazole rings is 1. The molecule has 0 amide bonds. The highest BCUT2D eigenvalue weighted by Gasteiger charge is 2.23. The molecule has 0 saturated heterocycles. The fraction of sp³-hybridized carbons (Fsp3) is 0. The van der Waals surface area contributed by atoms with Crippen molar-refractivity contribution in [3.05, 3.63) is 81.6 Å². The lowest BCUT2D eigenvalue weighted by Gasteiger charge is -2.15. The Morgan fingerprint density at radius 1 is 1.21 bits per heavy atom. The lowest BCUT2D eigenvalue weighted by molar-refractivity contribution is 0.0695. The van der Waals surface area contributed by atoms with Crippen LogP contribution in [-0.4, -0.2) is 20.6 Å². The van der Waals surface area contributed by atoms with E-state index in [0.717, 1.165) is 28.2 Å². The molecule has 140 valence electrons. The van der Waals surface area contributed by atoms with Crippen molar-refractivity contribution in [1.29, 1.82) is 0 Å². The minimum Gasteiger partial charge on any atom is -0.477 e. The van der Waals surface area contributed by atoms with Crippen LogP contribution in [0.3, 0.4) is 0 Å². The number of carboxylic acids is 1. The third-order valence-electron chi connectivity index (χ3n) is 4.08. The van der Waals surface area contributed by atoms with Crippen LogP contribution in [0.4, 0.5) is 20.2 Å². The van der Waals surface area contributed by atoms with Gasteiger partial charge in [-0.25, -0.2) is 18.6 Å². The number of benzene rings is 2. The van der Waals surface area contributed by atoms with Crippen LogP contribution in [0.5, 0.6) is 0 Å². The van der Waals surface area contributed by atoms with Crippen LogP contribution in [0.15, 0.2) is 59.0 Å². The Kier molecular flexibility index (Phi) is 4.36. The Balaban J connectivity index is 2.06. The second-order valence-electron chi connectivity index (χ2n) is 5.80. The molecule has 0 atom stereocenters. The molecular formula is C19H11F2N3O3S. The van der Waals surface area contributed by atoms with Crippen molar-refractivity contribution in [1.82, 2.24) is 9.55 Å². The van der Waals surface area contributed by atoms with Crippen molar-refractivity contribution >= 4 is 39.6 Å². The maximum absolute atomic E-state index is 15.3. The van der Waals surface area contributed by atoms with E-state index in [1.54, 1.807) is 35.7 Å². The lowest BCUT2D eigenvalue weighted by Crippen LogP contribution is -2.19. The summed E-state index contributed by atoms with van der Waals surface area (Å²) in [5, 5.41) is 13.4. The summed E-state index contributed by atoms with van der Waals surface area (Å²) in [6, 6.07) is 9.25. The van der Waals surface area contributed by atoms with Crippen LogP contribution in [0.25, 0.3) is 16.0 Å². The maximum atomic E-state index is 15.3. The molecule has 0 aliphatic heterocycles. The third-order valence-corrected chi connectivity index (χ3v) is 4.85. The van der Waals surface area contributed by atoms with Crippen molar-refractivity contribution in [2.24, 2.45) is 0 Å². The summed E-state index contributed by atoms with van der Waals surface area (Å²) < 4.78 is 31.1. The van der Waals surface area contributed by atoms with Crippen LogP contribution in [-0.2, 0) is 0 Å². The highest BCUT2D eigenvalue weighted by atomic mass is 32.1. The zero-order valence-electron chi connectivity index (χ0n) is 14.0. The van der Waals surface area contributed by atoms with Gasteiger partial charge in [0.05, 0.1) is 10.9 Å². The molecule has 0 radical (unpaired) electrons. The number of hydrogen-bond acceptors (Lipinski definition) is 5. The second kappa shape index (κ2) is 6.86. The Labute approximate surface area is 160 Å². The van der Waals surface area contributed by atoms with Crippen LogP contribution in [0.1, 0.15) is 10.4 Å². The summed E-state index contributed by atoms with van der Waals surface area (Å²) in [6.45, 7) is 0. The van der Waals surface area contributed by atoms with Gasteiger partial charge in [-0.3, -0.25) is 9.36 Å². The monoisotopic (exact) mass is 399 g/mol. The number of carboxylic acid groups (broad SMARTS) is 1. The number of anilines is 2. The summed E-state index contributed by atoms with van der Waals surface area (Å²) >= 11 is 1.12. The van der Waals surface area contributed by atoms with Gasteiger partial charge in [-0.2, -0.15) is 0 Å². The number of rotatable bonds is 4. The normalized spacial score (nSPS) is 10.9. The SMILES string of the molecule is O=C(O)c1cn(-c2nccs2)c2c(F)c(Nc3ccccc3)c(F)cc2c1=O. The molecule has 2 heterocycles. The number of nitrogens with one attached hydrogen (secondary N) is 1. The molecule has 0 aliphatic carbocycles. The van der Waals surface area contributed by atoms with E-state index in [0.29, 0.717) is 5.69 Å². The zero-order chi connectivity index (χ0) is 19.8.